The maximum absolute atomic E-state index is 12.5. The van der Waals surface area contributed by atoms with Crippen molar-refractivity contribution in [2.24, 2.45) is 5.41 Å². The fourth-order valence-corrected chi connectivity index (χ4v) is 4.32. The van der Waals surface area contributed by atoms with E-state index in [1.165, 1.54) is 32.3 Å². The van der Waals surface area contributed by atoms with Gasteiger partial charge in [0.05, 0.1) is 12.0 Å². The van der Waals surface area contributed by atoms with E-state index in [0.29, 0.717) is 5.76 Å². The zero-order valence-electron chi connectivity index (χ0n) is 20.3. The third kappa shape index (κ3) is 4.97. The van der Waals surface area contributed by atoms with Crippen molar-refractivity contribution in [1.82, 2.24) is 9.46 Å². The van der Waals surface area contributed by atoms with Crippen molar-refractivity contribution in [3.8, 4) is 5.75 Å². The van der Waals surface area contributed by atoms with Gasteiger partial charge in [-0.05, 0) is 34.6 Å². The number of furan rings is 1. The Morgan fingerprint density at radius 1 is 1.21 bits per heavy atom. The first kappa shape index (κ1) is 25.4. The van der Waals surface area contributed by atoms with Crippen LogP contribution in [0.1, 0.15) is 57.9 Å². The van der Waals surface area contributed by atoms with Crippen molar-refractivity contribution in [1.29, 1.82) is 0 Å². The number of anilines is 3. The molecule has 11 nitrogen and oxygen atoms in total. The van der Waals surface area contributed by atoms with Crippen molar-refractivity contribution in [3.63, 3.8) is 0 Å². The Hall–Kier alpha value is -3.25. The van der Waals surface area contributed by atoms with Crippen LogP contribution in [0.4, 0.5) is 17.3 Å². The number of phenols is 1. The molecule has 0 aliphatic heterocycles. The minimum Gasteiger partial charge on any atom is -0.504 e. The second-order valence-corrected chi connectivity index (χ2v) is 11.7. The van der Waals surface area contributed by atoms with Gasteiger partial charge in [-0.3, -0.25) is 5.32 Å². The molecule has 0 fully saturated rings. The Balaban J connectivity index is 1.99. The summed E-state index contributed by atoms with van der Waals surface area (Å²) in [4.78, 5) is 12.2. The van der Waals surface area contributed by atoms with Crippen LogP contribution >= 0.6 is 0 Å². The van der Waals surface area contributed by atoms with E-state index < -0.39 is 21.8 Å². The molecule has 0 bridgehead atoms. The molecule has 2 heterocycles. The van der Waals surface area contributed by atoms with E-state index in [-0.39, 0.29) is 38.2 Å². The molecular weight excluding hydrogens is 462 g/mol. The van der Waals surface area contributed by atoms with Crippen LogP contribution in [0.5, 0.6) is 5.75 Å². The molecule has 0 radical (unpaired) electrons. The monoisotopic (exact) mass is 494 g/mol. The predicted octanol–water partition coefficient (Wildman–Crippen LogP) is 4.14. The molecule has 2 aromatic heterocycles. The van der Waals surface area contributed by atoms with Crippen LogP contribution in [-0.4, -0.2) is 37.1 Å². The van der Waals surface area contributed by atoms with Gasteiger partial charge in [-0.2, -0.15) is 0 Å². The number of sulfonamides is 1. The second kappa shape index (κ2) is 9.18. The molecule has 0 saturated heterocycles. The van der Waals surface area contributed by atoms with E-state index >= 15 is 0 Å². The number of aromatic hydroxyl groups is 1. The maximum Gasteiger partial charge on any atom is 0.367 e. The smallest absolute Gasteiger partial charge is 0.367 e. The van der Waals surface area contributed by atoms with Gasteiger partial charge >= 0.3 is 5.82 Å². The fourth-order valence-electron chi connectivity index (χ4n) is 3.32. The number of para-hydroxylation sites is 1. The number of aromatic nitrogens is 2. The molecule has 1 atom stereocenters. The van der Waals surface area contributed by atoms with E-state index in [1.807, 2.05) is 26.8 Å². The van der Waals surface area contributed by atoms with Gasteiger partial charge in [0.25, 0.3) is 5.82 Å². The van der Waals surface area contributed by atoms with Crippen molar-refractivity contribution < 1.29 is 27.2 Å². The highest BCUT2D eigenvalue weighted by Gasteiger charge is 2.36. The highest BCUT2D eigenvalue weighted by atomic mass is 32.2. The van der Waals surface area contributed by atoms with E-state index in [4.69, 9.17) is 9.05 Å². The minimum absolute atomic E-state index is 0.00249. The van der Waals surface area contributed by atoms with Gasteiger partial charge in [0.15, 0.2) is 10.3 Å². The Labute approximate surface area is 198 Å². The van der Waals surface area contributed by atoms with Crippen LogP contribution < -0.4 is 15.2 Å². The van der Waals surface area contributed by atoms with Crippen molar-refractivity contribution in [3.05, 3.63) is 46.8 Å². The van der Waals surface area contributed by atoms with Crippen LogP contribution in [0.25, 0.3) is 0 Å². The number of benzene rings is 1. The van der Waals surface area contributed by atoms with Crippen LogP contribution in [0.2, 0.25) is 0 Å². The summed E-state index contributed by atoms with van der Waals surface area (Å²) < 4.78 is 37.0. The molecule has 1 aromatic carbocycles. The molecule has 0 aliphatic rings. The van der Waals surface area contributed by atoms with Gasteiger partial charge < -0.3 is 14.8 Å². The number of aromatic amines is 1. The predicted molar refractivity (Wildman–Crippen MR) is 127 cm³/mol. The number of hydrogen-bond donors (Lipinski definition) is 4. The average molecular weight is 495 g/mol. The van der Waals surface area contributed by atoms with Gasteiger partial charge in [0, 0.05) is 19.5 Å². The molecule has 0 amide bonds. The largest absolute Gasteiger partial charge is 0.504 e. The third-order valence-corrected chi connectivity index (χ3v) is 7.25. The topological polar surface area (TPSA) is 147 Å². The summed E-state index contributed by atoms with van der Waals surface area (Å²) >= 11 is 0. The first-order valence-electron chi connectivity index (χ1n) is 10.7. The number of rotatable bonds is 8. The number of nitrogens with zero attached hydrogens (tertiary/aromatic N) is 2. The lowest BCUT2D eigenvalue weighted by Crippen LogP contribution is -2.29. The quantitative estimate of drug-likeness (QED) is 0.342. The van der Waals surface area contributed by atoms with E-state index in [9.17, 15) is 18.4 Å². The first-order chi connectivity index (χ1) is 15.7. The molecule has 186 valence electrons. The molecule has 0 spiro atoms. The summed E-state index contributed by atoms with van der Waals surface area (Å²) in [5, 5.41) is 19.1. The second-order valence-electron chi connectivity index (χ2n) is 9.62. The summed E-state index contributed by atoms with van der Waals surface area (Å²) in [6, 6.07) is 5.78. The molecule has 3 rings (SSSR count). The van der Waals surface area contributed by atoms with Gasteiger partial charge in [0.1, 0.15) is 16.7 Å². The van der Waals surface area contributed by atoms with Crippen LogP contribution in [0.3, 0.4) is 0 Å². The van der Waals surface area contributed by atoms with Crippen LogP contribution in [0, 0.1) is 10.3 Å². The normalized spacial score (nSPS) is 13.4. The first-order valence-corrected chi connectivity index (χ1v) is 12.2. The zero-order valence-corrected chi connectivity index (χ0v) is 21.1. The molecule has 0 unspecified atom stereocenters. The molecule has 0 aliphatic carbocycles. The van der Waals surface area contributed by atoms with Gasteiger partial charge in [-0.15, -0.1) is 4.63 Å². The highest BCUT2D eigenvalue weighted by Crippen LogP contribution is 2.39. The summed E-state index contributed by atoms with van der Waals surface area (Å²) in [7, 11) is -1.16. The SMILES string of the molecule is CC(C)c1coc([C@H](Nc2c(Nc3cccc(S(=O)(=O)N(C)C)c3O)[nH]o[n+]2=O)C(C)(C)C)c1. The molecule has 3 aromatic rings. The van der Waals surface area contributed by atoms with E-state index in [0.717, 1.165) is 9.87 Å². The fraction of sp³-hybridized carbons (Fsp3) is 0.455. The van der Waals surface area contributed by atoms with Gasteiger partial charge in [0.2, 0.25) is 10.0 Å². The summed E-state index contributed by atoms with van der Waals surface area (Å²) in [5.41, 5.74) is 0.730. The molecule has 34 heavy (non-hydrogen) atoms. The molecule has 4 N–H and O–H groups in total. The highest BCUT2D eigenvalue weighted by molar-refractivity contribution is 7.89. The lowest BCUT2D eigenvalue weighted by atomic mass is 9.85. The lowest BCUT2D eigenvalue weighted by Gasteiger charge is -2.26. The number of H-pyrrole nitrogens is 1. The van der Waals surface area contributed by atoms with Gasteiger partial charge in [-0.1, -0.05) is 45.8 Å². The minimum atomic E-state index is -3.89. The number of phenolic OH excluding ortho intramolecular Hbond substituents is 1. The third-order valence-electron chi connectivity index (χ3n) is 5.41. The van der Waals surface area contributed by atoms with Crippen molar-refractivity contribution in [2.45, 2.75) is 51.5 Å². The maximum atomic E-state index is 12.5. The molecule has 12 heteroatoms. The lowest BCUT2D eigenvalue weighted by molar-refractivity contribution is -0.701. The average Bonchev–Trinajstić information content (AvgIpc) is 3.34. The van der Waals surface area contributed by atoms with Gasteiger partial charge in [-0.25, -0.2) is 12.7 Å². The Morgan fingerprint density at radius 3 is 2.44 bits per heavy atom. The summed E-state index contributed by atoms with van der Waals surface area (Å²) in [6.45, 7) is 10.1. The zero-order chi connectivity index (χ0) is 25.4. The van der Waals surface area contributed by atoms with Crippen molar-refractivity contribution in [2.75, 3.05) is 24.7 Å². The summed E-state index contributed by atoms with van der Waals surface area (Å²) in [5.74, 6) is 0.521. The molecule has 0 saturated carbocycles. The number of hydrogen-bond acceptors (Lipinski definition) is 8. The molecular formula is C22H32N5O6S+. The van der Waals surface area contributed by atoms with E-state index in [2.05, 4.69) is 29.6 Å². The van der Waals surface area contributed by atoms with Crippen LogP contribution in [0.15, 0.2) is 44.5 Å². The summed E-state index contributed by atoms with van der Waals surface area (Å²) in [6.07, 6.45) is 1.70. The Bertz CT molecular complexity index is 1310. The van der Waals surface area contributed by atoms with Crippen LogP contribution in [-0.2, 0) is 10.0 Å². The Morgan fingerprint density at radius 2 is 1.88 bits per heavy atom. The standard InChI is InChI=1S/C22H31N5O6S/c1-13(2)14-11-16(32-12-14)19(22(3,4)5)24-21-20(25-33-27(21)29)23-15-9-8-10-17(18(15)28)34(30,31)26(6)7/h8-13,19,24H,1-7H3,(H2-,23,25,28,29)/p+1/t19-/m0/s1. The Kier molecular flexibility index (Phi) is 6.85. The van der Waals surface area contributed by atoms with Crippen molar-refractivity contribution >= 4 is 27.3 Å². The van der Waals surface area contributed by atoms with E-state index in [1.54, 1.807) is 6.26 Å². The number of nitrogens with one attached hydrogen (secondary N) is 3.